The van der Waals surface area contributed by atoms with E-state index in [4.69, 9.17) is 4.84 Å². The zero-order chi connectivity index (χ0) is 16.4. The van der Waals surface area contributed by atoms with Crippen molar-refractivity contribution in [2.45, 2.75) is 12.5 Å². The van der Waals surface area contributed by atoms with E-state index in [9.17, 15) is 13.6 Å². The second kappa shape index (κ2) is 6.45. The Kier molecular flexibility index (Phi) is 4.38. The summed E-state index contributed by atoms with van der Waals surface area (Å²) < 4.78 is 26.7. The molecule has 1 unspecified atom stereocenters. The maximum Gasteiger partial charge on any atom is 0.263 e. The van der Waals surface area contributed by atoms with Gasteiger partial charge in [0.1, 0.15) is 11.6 Å². The standard InChI is InChI=1S/C16H14F2N2O2S/c1-20(16(21)15-3-2-6-23-15)9-11-8-14(19-22-11)12-5-4-10(17)7-13(12)18/h2-7,11H,8-9H2,1H3. The monoisotopic (exact) mass is 336 g/mol. The lowest BCUT2D eigenvalue weighted by atomic mass is 10.0. The number of nitrogens with zero attached hydrogens (tertiary/aromatic N) is 2. The minimum Gasteiger partial charge on any atom is -0.390 e. The zero-order valence-corrected chi connectivity index (χ0v) is 13.1. The van der Waals surface area contributed by atoms with Crippen molar-refractivity contribution in [2.75, 3.05) is 13.6 Å². The molecule has 1 aliphatic rings. The quantitative estimate of drug-likeness (QED) is 0.860. The number of benzene rings is 1. The molecule has 1 aromatic carbocycles. The second-order valence-electron chi connectivity index (χ2n) is 5.26. The number of oxime groups is 1. The molecule has 0 fully saturated rings. The molecule has 2 aromatic rings. The summed E-state index contributed by atoms with van der Waals surface area (Å²) in [4.78, 5) is 19.7. The summed E-state index contributed by atoms with van der Waals surface area (Å²) in [6.45, 7) is 0.340. The summed E-state index contributed by atoms with van der Waals surface area (Å²) in [7, 11) is 1.68. The molecule has 0 saturated carbocycles. The Hall–Kier alpha value is -2.28. The molecule has 0 spiro atoms. The van der Waals surface area contributed by atoms with Gasteiger partial charge in [-0.2, -0.15) is 0 Å². The van der Waals surface area contributed by atoms with Crippen LogP contribution < -0.4 is 0 Å². The van der Waals surface area contributed by atoms with Crippen LogP contribution in [0.2, 0.25) is 0 Å². The Morgan fingerprint density at radius 1 is 1.43 bits per heavy atom. The third-order valence-electron chi connectivity index (χ3n) is 3.53. The number of halogens is 2. The first-order valence-electron chi connectivity index (χ1n) is 7.01. The highest BCUT2D eigenvalue weighted by atomic mass is 32.1. The Bertz CT molecular complexity index is 747. The fourth-order valence-corrected chi connectivity index (χ4v) is 3.10. The number of rotatable bonds is 4. The fourth-order valence-electron chi connectivity index (χ4n) is 2.39. The number of hydrogen-bond donors (Lipinski definition) is 0. The summed E-state index contributed by atoms with van der Waals surface area (Å²) >= 11 is 1.37. The van der Waals surface area contributed by atoms with Crippen molar-refractivity contribution in [3.05, 3.63) is 57.8 Å². The smallest absolute Gasteiger partial charge is 0.263 e. The molecule has 0 saturated heterocycles. The van der Waals surface area contributed by atoms with E-state index >= 15 is 0 Å². The number of likely N-dealkylation sites (N-methyl/N-ethyl adjacent to an activating group) is 1. The molecule has 1 aliphatic heterocycles. The van der Waals surface area contributed by atoms with Crippen LogP contribution >= 0.6 is 11.3 Å². The lowest BCUT2D eigenvalue weighted by Crippen LogP contribution is -2.34. The van der Waals surface area contributed by atoms with Crippen LogP contribution in [-0.2, 0) is 4.84 Å². The predicted molar refractivity (Wildman–Crippen MR) is 83.7 cm³/mol. The van der Waals surface area contributed by atoms with E-state index in [0.717, 1.165) is 6.07 Å². The molecule has 4 nitrogen and oxygen atoms in total. The molecule has 120 valence electrons. The van der Waals surface area contributed by atoms with Crippen molar-refractivity contribution in [1.29, 1.82) is 0 Å². The Labute approximate surface area is 136 Å². The number of hydrogen-bond acceptors (Lipinski definition) is 4. The average molecular weight is 336 g/mol. The van der Waals surface area contributed by atoms with Crippen LogP contribution in [0.4, 0.5) is 8.78 Å². The van der Waals surface area contributed by atoms with Gasteiger partial charge in [0.25, 0.3) is 5.91 Å². The minimum absolute atomic E-state index is 0.0926. The molecule has 7 heteroatoms. The van der Waals surface area contributed by atoms with Crippen LogP contribution in [0.15, 0.2) is 40.9 Å². The summed E-state index contributed by atoms with van der Waals surface area (Å²) in [5.74, 6) is -1.40. The lowest BCUT2D eigenvalue weighted by Gasteiger charge is -2.19. The SMILES string of the molecule is CN(CC1CC(c2ccc(F)cc2F)=NO1)C(=O)c1cccs1. The van der Waals surface area contributed by atoms with Crippen LogP contribution in [0, 0.1) is 11.6 Å². The topological polar surface area (TPSA) is 41.9 Å². The molecular formula is C16H14F2N2O2S. The predicted octanol–water partition coefficient (Wildman–Crippen LogP) is 3.29. The van der Waals surface area contributed by atoms with E-state index in [1.54, 1.807) is 18.0 Å². The highest BCUT2D eigenvalue weighted by molar-refractivity contribution is 7.12. The fraction of sp³-hybridized carbons (Fsp3) is 0.250. The largest absolute Gasteiger partial charge is 0.390 e. The van der Waals surface area contributed by atoms with Gasteiger partial charge in [-0.25, -0.2) is 8.78 Å². The maximum atomic E-state index is 13.8. The van der Waals surface area contributed by atoms with E-state index in [2.05, 4.69) is 5.16 Å². The van der Waals surface area contributed by atoms with Crippen LogP contribution in [0.1, 0.15) is 21.7 Å². The van der Waals surface area contributed by atoms with Crippen LogP contribution in [0.5, 0.6) is 0 Å². The molecular weight excluding hydrogens is 322 g/mol. The van der Waals surface area contributed by atoms with Crippen molar-refractivity contribution in [3.63, 3.8) is 0 Å². The van der Waals surface area contributed by atoms with E-state index < -0.39 is 11.6 Å². The van der Waals surface area contributed by atoms with Gasteiger partial charge in [0.2, 0.25) is 0 Å². The molecule has 1 aromatic heterocycles. The van der Waals surface area contributed by atoms with Gasteiger partial charge in [-0.3, -0.25) is 4.79 Å². The maximum absolute atomic E-state index is 13.8. The Morgan fingerprint density at radius 3 is 2.96 bits per heavy atom. The van der Waals surface area contributed by atoms with E-state index in [1.165, 1.54) is 23.5 Å². The molecule has 1 atom stereocenters. The molecule has 2 heterocycles. The highest BCUT2D eigenvalue weighted by Gasteiger charge is 2.27. The van der Waals surface area contributed by atoms with Gasteiger partial charge in [0, 0.05) is 25.1 Å². The van der Waals surface area contributed by atoms with Crippen molar-refractivity contribution >= 4 is 23.0 Å². The number of carbonyl (C=O) groups excluding carboxylic acids is 1. The van der Waals surface area contributed by atoms with Crippen molar-refractivity contribution in [3.8, 4) is 0 Å². The first kappa shape index (κ1) is 15.6. The number of amides is 1. The van der Waals surface area contributed by atoms with Gasteiger partial charge in [-0.05, 0) is 23.6 Å². The molecule has 0 bridgehead atoms. The van der Waals surface area contributed by atoms with E-state index in [1.807, 2.05) is 11.4 Å². The Morgan fingerprint density at radius 2 is 2.26 bits per heavy atom. The summed E-state index contributed by atoms with van der Waals surface area (Å²) in [5.41, 5.74) is 0.644. The molecule has 3 rings (SSSR count). The summed E-state index contributed by atoms with van der Waals surface area (Å²) in [5, 5.41) is 5.71. The molecule has 23 heavy (non-hydrogen) atoms. The molecule has 1 amide bonds. The van der Waals surface area contributed by atoms with E-state index in [0.29, 0.717) is 23.6 Å². The average Bonchev–Trinajstić information content (AvgIpc) is 3.18. The molecule has 0 N–H and O–H groups in total. The highest BCUT2D eigenvalue weighted by Crippen LogP contribution is 2.21. The summed E-state index contributed by atoms with van der Waals surface area (Å²) in [6, 6.07) is 6.92. The van der Waals surface area contributed by atoms with Crippen molar-refractivity contribution in [2.24, 2.45) is 5.16 Å². The van der Waals surface area contributed by atoms with Gasteiger partial charge in [0.15, 0.2) is 6.10 Å². The summed E-state index contributed by atoms with van der Waals surface area (Å²) in [6.07, 6.45) is 0.0216. The minimum atomic E-state index is -0.670. The van der Waals surface area contributed by atoms with Gasteiger partial charge in [-0.1, -0.05) is 11.2 Å². The Balaban J connectivity index is 1.62. The van der Waals surface area contributed by atoms with Crippen molar-refractivity contribution < 1.29 is 18.4 Å². The van der Waals surface area contributed by atoms with Crippen LogP contribution in [0.25, 0.3) is 0 Å². The normalized spacial score (nSPS) is 16.8. The zero-order valence-electron chi connectivity index (χ0n) is 12.3. The number of carbonyl (C=O) groups is 1. The van der Waals surface area contributed by atoms with Gasteiger partial charge in [-0.15, -0.1) is 11.3 Å². The first-order valence-corrected chi connectivity index (χ1v) is 7.89. The van der Waals surface area contributed by atoms with Gasteiger partial charge >= 0.3 is 0 Å². The van der Waals surface area contributed by atoms with E-state index in [-0.39, 0.29) is 17.6 Å². The first-order chi connectivity index (χ1) is 11.0. The van der Waals surface area contributed by atoms with Gasteiger partial charge < -0.3 is 9.74 Å². The molecule has 0 radical (unpaired) electrons. The number of thiophene rings is 1. The lowest BCUT2D eigenvalue weighted by molar-refractivity contribution is 0.0485. The van der Waals surface area contributed by atoms with Crippen LogP contribution in [-0.4, -0.2) is 36.2 Å². The third kappa shape index (κ3) is 3.39. The second-order valence-corrected chi connectivity index (χ2v) is 6.20. The van der Waals surface area contributed by atoms with Gasteiger partial charge in [0.05, 0.1) is 17.1 Å². The molecule has 0 aliphatic carbocycles. The van der Waals surface area contributed by atoms with Crippen molar-refractivity contribution in [1.82, 2.24) is 4.90 Å². The van der Waals surface area contributed by atoms with Crippen LogP contribution in [0.3, 0.4) is 0 Å². The third-order valence-corrected chi connectivity index (χ3v) is 4.39.